The van der Waals surface area contributed by atoms with E-state index in [2.05, 4.69) is 43.4 Å². The van der Waals surface area contributed by atoms with Crippen molar-refractivity contribution >= 4 is 0 Å². The number of aliphatic hydroxyl groups is 1. The van der Waals surface area contributed by atoms with Gasteiger partial charge in [-0.1, -0.05) is 44.2 Å². The van der Waals surface area contributed by atoms with Gasteiger partial charge in [0.25, 0.3) is 0 Å². The first-order valence-corrected chi connectivity index (χ1v) is 7.50. The second-order valence-corrected chi connectivity index (χ2v) is 6.67. The minimum absolute atomic E-state index is 0.189. The Hall–Kier alpha value is -0.860. The second-order valence-electron chi connectivity index (χ2n) is 6.67. The third-order valence-electron chi connectivity index (χ3n) is 4.36. The van der Waals surface area contributed by atoms with Crippen molar-refractivity contribution in [2.24, 2.45) is 5.41 Å². The topological polar surface area (TPSA) is 32.3 Å². The number of benzene rings is 1. The third-order valence-corrected chi connectivity index (χ3v) is 4.36. The lowest BCUT2D eigenvalue weighted by Gasteiger charge is -2.36. The van der Waals surface area contributed by atoms with E-state index in [1.54, 1.807) is 0 Å². The summed E-state index contributed by atoms with van der Waals surface area (Å²) < 4.78 is 0. The zero-order valence-electron chi connectivity index (χ0n) is 12.2. The van der Waals surface area contributed by atoms with Crippen LogP contribution in [0.25, 0.3) is 0 Å². The summed E-state index contributed by atoms with van der Waals surface area (Å²) in [5, 5.41) is 13.2. The van der Waals surface area contributed by atoms with Crippen molar-refractivity contribution in [3.8, 4) is 0 Å². The molecule has 0 saturated heterocycles. The lowest BCUT2D eigenvalue weighted by atomic mass is 9.75. The minimum atomic E-state index is 0.189. The molecule has 19 heavy (non-hydrogen) atoms. The fourth-order valence-electron chi connectivity index (χ4n) is 2.97. The van der Waals surface area contributed by atoms with Gasteiger partial charge in [-0.3, -0.25) is 0 Å². The van der Waals surface area contributed by atoms with Crippen LogP contribution in [0.4, 0.5) is 0 Å². The largest absolute Gasteiger partial charge is 0.395 e. The van der Waals surface area contributed by atoms with Gasteiger partial charge in [0.05, 0.1) is 6.61 Å². The summed E-state index contributed by atoms with van der Waals surface area (Å²) >= 11 is 0. The summed E-state index contributed by atoms with van der Waals surface area (Å²) in [4.78, 5) is 0. The molecule has 106 valence electrons. The van der Waals surface area contributed by atoms with Gasteiger partial charge in [0.15, 0.2) is 0 Å². The highest BCUT2D eigenvalue weighted by Gasteiger charge is 2.27. The van der Waals surface area contributed by atoms with Crippen molar-refractivity contribution in [2.75, 3.05) is 6.61 Å². The maximum absolute atomic E-state index is 9.56. The third kappa shape index (κ3) is 4.63. The predicted octanol–water partition coefficient (Wildman–Crippen LogP) is 3.15. The van der Waals surface area contributed by atoms with E-state index in [1.807, 2.05) is 6.07 Å². The fourth-order valence-corrected chi connectivity index (χ4v) is 2.97. The van der Waals surface area contributed by atoms with Crippen molar-refractivity contribution in [3.63, 3.8) is 0 Å². The monoisotopic (exact) mass is 261 g/mol. The van der Waals surface area contributed by atoms with Gasteiger partial charge in [-0.05, 0) is 43.1 Å². The standard InChI is InChI=1S/C17H27NO/c1-17(2)10-8-15(9-11-17)18-16(13-19)12-14-6-4-3-5-7-14/h3-7,15-16,18-19H,8-13H2,1-2H3/t16-/m1/s1. The molecule has 0 heterocycles. The van der Waals surface area contributed by atoms with Crippen molar-refractivity contribution in [1.29, 1.82) is 0 Å². The maximum Gasteiger partial charge on any atom is 0.0587 e. The van der Waals surface area contributed by atoms with E-state index in [1.165, 1.54) is 31.2 Å². The Morgan fingerprint density at radius 2 is 1.84 bits per heavy atom. The first-order valence-electron chi connectivity index (χ1n) is 7.50. The molecule has 2 nitrogen and oxygen atoms in total. The molecule has 0 bridgehead atoms. The van der Waals surface area contributed by atoms with Gasteiger partial charge in [0.2, 0.25) is 0 Å². The highest BCUT2D eigenvalue weighted by atomic mass is 16.3. The first kappa shape index (κ1) is 14.5. The van der Waals surface area contributed by atoms with E-state index in [9.17, 15) is 5.11 Å². The van der Waals surface area contributed by atoms with E-state index >= 15 is 0 Å². The molecule has 2 rings (SSSR count). The van der Waals surface area contributed by atoms with E-state index in [0.717, 1.165) is 6.42 Å². The Labute approximate surface area is 117 Å². The van der Waals surface area contributed by atoms with E-state index in [4.69, 9.17) is 0 Å². The molecule has 1 aromatic carbocycles. The zero-order valence-corrected chi connectivity index (χ0v) is 12.2. The van der Waals surface area contributed by atoms with Crippen LogP contribution < -0.4 is 5.32 Å². The normalized spacial score (nSPS) is 21.2. The average molecular weight is 261 g/mol. The molecule has 0 unspecified atom stereocenters. The highest BCUT2D eigenvalue weighted by molar-refractivity contribution is 5.16. The SMILES string of the molecule is CC1(C)CCC(N[C@@H](CO)Cc2ccccc2)CC1. The molecule has 1 fully saturated rings. The van der Waals surface area contributed by atoms with Crippen LogP contribution in [-0.4, -0.2) is 23.8 Å². The highest BCUT2D eigenvalue weighted by Crippen LogP contribution is 2.35. The molecule has 0 radical (unpaired) electrons. The maximum atomic E-state index is 9.56. The Balaban J connectivity index is 1.83. The molecule has 1 aliphatic rings. The van der Waals surface area contributed by atoms with Crippen LogP contribution in [0.2, 0.25) is 0 Å². The molecule has 1 aliphatic carbocycles. The number of hydrogen-bond acceptors (Lipinski definition) is 2. The number of aliphatic hydroxyl groups excluding tert-OH is 1. The van der Waals surface area contributed by atoms with Gasteiger partial charge in [0, 0.05) is 12.1 Å². The number of rotatable bonds is 5. The van der Waals surface area contributed by atoms with Gasteiger partial charge in [-0.2, -0.15) is 0 Å². The Morgan fingerprint density at radius 3 is 2.42 bits per heavy atom. The smallest absolute Gasteiger partial charge is 0.0587 e. The molecule has 1 aromatic rings. The van der Waals surface area contributed by atoms with Gasteiger partial charge in [0.1, 0.15) is 0 Å². The molecular weight excluding hydrogens is 234 g/mol. The molecule has 1 saturated carbocycles. The molecule has 0 aromatic heterocycles. The molecule has 2 heteroatoms. The quantitative estimate of drug-likeness (QED) is 0.853. The second kappa shape index (κ2) is 6.53. The lowest BCUT2D eigenvalue weighted by Crippen LogP contribution is -2.44. The molecular formula is C17H27NO. The zero-order chi connectivity index (χ0) is 13.7. The van der Waals surface area contributed by atoms with E-state index < -0.39 is 0 Å². The number of nitrogens with one attached hydrogen (secondary N) is 1. The van der Waals surface area contributed by atoms with E-state index in [-0.39, 0.29) is 12.6 Å². The Kier molecular flexibility index (Phi) is 5.00. The van der Waals surface area contributed by atoms with Crippen LogP contribution in [0.1, 0.15) is 45.1 Å². The fraction of sp³-hybridized carbons (Fsp3) is 0.647. The van der Waals surface area contributed by atoms with E-state index in [0.29, 0.717) is 11.5 Å². The lowest BCUT2D eigenvalue weighted by molar-refractivity contribution is 0.174. The predicted molar refractivity (Wildman–Crippen MR) is 80.2 cm³/mol. The summed E-state index contributed by atoms with van der Waals surface area (Å²) in [7, 11) is 0. The van der Waals surface area contributed by atoms with Crippen LogP contribution >= 0.6 is 0 Å². The summed E-state index contributed by atoms with van der Waals surface area (Å²) in [6.45, 7) is 4.93. The van der Waals surface area contributed by atoms with Crippen molar-refractivity contribution in [2.45, 2.75) is 58.0 Å². The minimum Gasteiger partial charge on any atom is -0.395 e. The van der Waals surface area contributed by atoms with Crippen molar-refractivity contribution < 1.29 is 5.11 Å². The van der Waals surface area contributed by atoms with Gasteiger partial charge in [-0.15, -0.1) is 0 Å². The molecule has 0 aliphatic heterocycles. The van der Waals surface area contributed by atoms with Crippen LogP contribution in [0, 0.1) is 5.41 Å². The molecule has 0 amide bonds. The first-order chi connectivity index (χ1) is 9.09. The summed E-state index contributed by atoms with van der Waals surface area (Å²) in [5.74, 6) is 0. The summed E-state index contributed by atoms with van der Waals surface area (Å²) in [6.07, 6.45) is 5.95. The Bertz CT molecular complexity index is 364. The van der Waals surface area contributed by atoms with Crippen molar-refractivity contribution in [3.05, 3.63) is 35.9 Å². The molecule has 0 spiro atoms. The van der Waals surface area contributed by atoms with Gasteiger partial charge >= 0.3 is 0 Å². The van der Waals surface area contributed by atoms with Gasteiger partial charge < -0.3 is 10.4 Å². The van der Waals surface area contributed by atoms with Crippen LogP contribution in [-0.2, 0) is 6.42 Å². The van der Waals surface area contributed by atoms with Crippen LogP contribution in [0.5, 0.6) is 0 Å². The summed E-state index contributed by atoms with van der Waals surface area (Å²) in [5.41, 5.74) is 1.80. The molecule has 1 atom stereocenters. The van der Waals surface area contributed by atoms with Crippen molar-refractivity contribution in [1.82, 2.24) is 5.32 Å². The van der Waals surface area contributed by atoms with Crippen LogP contribution in [0.15, 0.2) is 30.3 Å². The summed E-state index contributed by atoms with van der Waals surface area (Å²) in [6, 6.07) is 11.2. The average Bonchev–Trinajstić information content (AvgIpc) is 2.41. The Morgan fingerprint density at radius 1 is 1.21 bits per heavy atom. The number of hydrogen-bond donors (Lipinski definition) is 2. The van der Waals surface area contributed by atoms with Gasteiger partial charge in [-0.25, -0.2) is 0 Å². The van der Waals surface area contributed by atoms with Crippen LogP contribution in [0.3, 0.4) is 0 Å². The molecule has 2 N–H and O–H groups in total.